The number of hydrogen-bond donors (Lipinski definition) is 1. The lowest BCUT2D eigenvalue weighted by Gasteiger charge is -2.16. The smallest absolute Gasteiger partial charge is 0.119 e. The molecule has 1 unspecified atom stereocenters. The molecule has 1 aromatic carbocycles. The number of ether oxygens (including phenoxy) is 1. The molecule has 3 heteroatoms. The van der Waals surface area contributed by atoms with E-state index in [2.05, 4.69) is 29.8 Å². The number of aliphatic hydroxyl groups excluding tert-OH is 1. The maximum Gasteiger partial charge on any atom is 0.119 e. The molecule has 0 bridgehead atoms. The van der Waals surface area contributed by atoms with Crippen LogP contribution in [0.3, 0.4) is 0 Å². The summed E-state index contributed by atoms with van der Waals surface area (Å²) in [7, 11) is 0. The van der Waals surface area contributed by atoms with Crippen molar-refractivity contribution >= 4 is 15.9 Å². The van der Waals surface area contributed by atoms with Crippen LogP contribution in [-0.4, -0.2) is 18.3 Å². The second kappa shape index (κ2) is 7.72. The summed E-state index contributed by atoms with van der Waals surface area (Å²) >= 11 is 3.39. The fourth-order valence-corrected chi connectivity index (χ4v) is 2.09. The van der Waals surface area contributed by atoms with Gasteiger partial charge in [0.05, 0.1) is 6.61 Å². The molecule has 0 aliphatic carbocycles. The first kappa shape index (κ1) is 14.5. The zero-order valence-electron chi connectivity index (χ0n) is 10.5. The zero-order chi connectivity index (χ0) is 12.7. The van der Waals surface area contributed by atoms with Gasteiger partial charge in [-0.15, -0.1) is 0 Å². The summed E-state index contributed by atoms with van der Waals surface area (Å²) in [6, 6.07) is 7.82. The first-order valence-electron chi connectivity index (χ1n) is 6.11. The average Bonchev–Trinajstić information content (AvgIpc) is 2.30. The number of aliphatic hydroxyl groups is 1. The van der Waals surface area contributed by atoms with E-state index < -0.39 is 0 Å². The van der Waals surface area contributed by atoms with Crippen LogP contribution in [0.2, 0.25) is 0 Å². The van der Waals surface area contributed by atoms with Gasteiger partial charge in [0.25, 0.3) is 0 Å². The predicted octanol–water partition coefficient (Wildman–Crippen LogP) is 3.87. The Labute approximate surface area is 112 Å². The standard InChI is InChI=1S/C14H21BrO2/c1-11(2)9-12(10-16)7-8-17-14-5-3-13(15)4-6-14/h3-6,11-12,16H,7-10H2,1-2H3. The van der Waals surface area contributed by atoms with Crippen LogP contribution in [0.15, 0.2) is 28.7 Å². The zero-order valence-corrected chi connectivity index (χ0v) is 12.1. The van der Waals surface area contributed by atoms with Crippen LogP contribution in [0.4, 0.5) is 0 Å². The van der Waals surface area contributed by atoms with Crippen LogP contribution in [-0.2, 0) is 0 Å². The Balaban J connectivity index is 2.28. The Morgan fingerprint density at radius 2 is 1.88 bits per heavy atom. The Morgan fingerprint density at radius 3 is 2.41 bits per heavy atom. The highest BCUT2D eigenvalue weighted by molar-refractivity contribution is 9.10. The molecule has 0 saturated carbocycles. The van der Waals surface area contributed by atoms with Gasteiger partial charge >= 0.3 is 0 Å². The van der Waals surface area contributed by atoms with Crippen molar-refractivity contribution in [3.05, 3.63) is 28.7 Å². The van der Waals surface area contributed by atoms with E-state index in [9.17, 15) is 5.11 Å². The molecule has 0 aliphatic heterocycles. The lowest BCUT2D eigenvalue weighted by Crippen LogP contribution is -2.13. The third-order valence-electron chi connectivity index (χ3n) is 2.67. The van der Waals surface area contributed by atoms with E-state index in [1.54, 1.807) is 0 Å². The van der Waals surface area contributed by atoms with Crippen molar-refractivity contribution in [3.63, 3.8) is 0 Å². The highest BCUT2D eigenvalue weighted by Crippen LogP contribution is 2.18. The van der Waals surface area contributed by atoms with Gasteiger partial charge in [0.2, 0.25) is 0 Å². The molecule has 0 heterocycles. The Bertz CT molecular complexity index is 309. The van der Waals surface area contributed by atoms with Crippen molar-refractivity contribution in [2.75, 3.05) is 13.2 Å². The number of benzene rings is 1. The highest BCUT2D eigenvalue weighted by Gasteiger charge is 2.09. The monoisotopic (exact) mass is 300 g/mol. The van der Waals surface area contributed by atoms with Crippen molar-refractivity contribution < 1.29 is 9.84 Å². The van der Waals surface area contributed by atoms with Crippen molar-refractivity contribution in [2.24, 2.45) is 11.8 Å². The van der Waals surface area contributed by atoms with Crippen LogP contribution in [0.25, 0.3) is 0 Å². The van der Waals surface area contributed by atoms with Gasteiger partial charge in [-0.2, -0.15) is 0 Å². The maximum absolute atomic E-state index is 9.25. The quantitative estimate of drug-likeness (QED) is 0.828. The van der Waals surface area contributed by atoms with E-state index in [0.717, 1.165) is 23.1 Å². The SMILES string of the molecule is CC(C)CC(CO)CCOc1ccc(Br)cc1. The van der Waals surface area contributed by atoms with E-state index in [0.29, 0.717) is 18.4 Å². The topological polar surface area (TPSA) is 29.5 Å². The molecule has 0 saturated heterocycles. The second-order valence-corrected chi connectivity index (χ2v) is 5.68. The van der Waals surface area contributed by atoms with E-state index >= 15 is 0 Å². The summed E-state index contributed by atoms with van der Waals surface area (Å²) in [5.41, 5.74) is 0. The minimum absolute atomic E-state index is 0.252. The fourth-order valence-electron chi connectivity index (χ4n) is 1.82. The maximum atomic E-state index is 9.25. The third kappa shape index (κ3) is 6.08. The molecular formula is C14H21BrO2. The van der Waals surface area contributed by atoms with E-state index in [4.69, 9.17) is 4.74 Å². The molecule has 0 radical (unpaired) electrons. The van der Waals surface area contributed by atoms with Gasteiger partial charge in [0, 0.05) is 11.1 Å². The average molecular weight is 301 g/mol. The molecule has 1 rings (SSSR count). The normalized spacial score (nSPS) is 12.8. The Hall–Kier alpha value is -0.540. The Kier molecular flexibility index (Phi) is 6.60. The fraction of sp³-hybridized carbons (Fsp3) is 0.571. The molecule has 0 aromatic heterocycles. The molecule has 96 valence electrons. The molecule has 0 fully saturated rings. The molecular weight excluding hydrogens is 280 g/mol. The van der Waals surface area contributed by atoms with Gasteiger partial charge in [0.1, 0.15) is 5.75 Å². The minimum Gasteiger partial charge on any atom is -0.494 e. The summed E-state index contributed by atoms with van der Waals surface area (Å²) in [6.45, 7) is 5.28. The number of rotatable bonds is 7. The molecule has 1 atom stereocenters. The van der Waals surface area contributed by atoms with E-state index in [1.165, 1.54) is 0 Å². The second-order valence-electron chi connectivity index (χ2n) is 4.77. The van der Waals surface area contributed by atoms with Crippen LogP contribution < -0.4 is 4.74 Å². The van der Waals surface area contributed by atoms with E-state index in [-0.39, 0.29) is 6.61 Å². The number of hydrogen-bond acceptors (Lipinski definition) is 2. The summed E-state index contributed by atoms with van der Waals surface area (Å²) in [5.74, 6) is 1.86. The first-order chi connectivity index (χ1) is 8.11. The van der Waals surface area contributed by atoms with Gasteiger partial charge in [-0.1, -0.05) is 29.8 Å². The lowest BCUT2D eigenvalue weighted by atomic mass is 9.95. The van der Waals surface area contributed by atoms with Crippen LogP contribution in [0, 0.1) is 11.8 Å². The van der Waals surface area contributed by atoms with Crippen molar-refractivity contribution in [2.45, 2.75) is 26.7 Å². The molecule has 2 nitrogen and oxygen atoms in total. The van der Waals surface area contributed by atoms with E-state index in [1.807, 2.05) is 24.3 Å². The van der Waals surface area contributed by atoms with Crippen molar-refractivity contribution in [1.29, 1.82) is 0 Å². The van der Waals surface area contributed by atoms with Crippen molar-refractivity contribution in [3.8, 4) is 5.75 Å². The molecule has 1 aromatic rings. The van der Waals surface area contributed by atoms with Gasteiger partial charge in [-0.25, -0.2) is 0 Å². The predicted molar refractivity (Wildman–Crippen MR) is 74.3 cm³/mol. The summed E-state index contributed by atoms with van der Waals surface area (Å²) in [5, 5.41) is 9.25. The highest BCUT2D eigenvalue weighted by atomic mass is 79.9. The lowest BCUT2D eigenvalue weighted by molar-refractivity contribution is 0.173. The summed E-state index contributed by atoms with van der Waals surface area (Å²) in [4.78, 5) is 0. The van der Waals surface area contributed by atoms with Gasteiger partial charge in [-0.3, -0.25) is 0 Å². The largest absolute Gasteiger partial charge is 0.494 e. The van der Waals surface area contributed by atoms with Gasteiger partial charge < -0.3 is 9.84 Å². The molecule has 17 heavy (non-hydrogen) atoms. The summed E-state index contributed by atoms with van der Waals surface area (Å²) < 4.78 is 6.70. The first-order valence-corrected chi connectivity index (χ1v) is 6.90. The molecule has 1 N–H and O–H groups in total. The molecule has 0 spiro atoms. The van der Waals surface area contributed by atoms with Crippen molar-refractivity contribution in [1.82, 2.24) is 0 Å². The molecule has 0 amide bonds. The van der Waals surface area contributed by atoms with Crippen LogP contribution in [0.1, 0.15) is 26.7 Å². The summed E-state index contributed by atoms with van der Waals surface area (Å²) in [6.07, 6.45) is 1.96. The number of halogens is 1. The van der Waals surface area contributed by atoms with Gasteiger partial charge in [0.15, 0.2) is 0 Å². The third-order valence-corrected chi connectivity index (χ3v) is 3.20. The van der Waals surface area contributed by atoms with Crippen LogP contribution >= 0.6 is 15.9 Å². The Morgan fingerprint density at radius 1 is 1.24 bits per heavy atom. The van der Waals surface area contributed by atoms with Gasteiger partial charge in [-0.05, 0) is 48.9 Å². The molecule has 0 aliphatic rings. The minimum atomic E-state index is 0.252. The van der Waals surface area contributed by atoms with Crippen LogP contribution in [0.5, 0.6) is 5.75 Å².